The van der Waals surface area contributed by atoms with E-state index in [4.69, 9.17) is 5.73 Å². The molecule has 2 heterocycles. The van der Waals surface area contributed by atoms with Crippen molar-refractivity contribution in [3.05, 3.63) is 0 Å². The Morgan fingerprint density at radius 3 is 2.71 bits per heavy atom. The van der Waals surface area contributed by atoms with Crippen LogP contribution in [0.25, 0.3) is 0 Å². The SMILES string of the molecule is Cl.NC1CCCN(CCN2C(=O)CNC2=O)C1. The van der Waals surface area contributed by atoms with Crippen LogP contribution in [-0.4, -0.2) is 60.5 Å². The van der Waals surface area contributed by atoms with Gasteiger partial charge >= 0.3 is 6.03 Å². The number of halogens is 1. The Morgan fingerprint density at radius 2 is 2.12 bits per heavy atom. The lowest BCUT2D eigenvalue weighted by Crippen LogP contribution is -2.46. The number of urea groups is 1. The monoisotopic (exact) mass is 262 g/mol. The third kappa shape index (κ3) is 3.55. The van der Waals surface area contributed by atoms with Crippen LogP contribution >= 0.6 is 12.4 Å². The van der Waals surface area contributed by atoms with Crippen LogP contribution < -0.4 is 11.1 Å². The van der Waals surface area contributed by atoms with E-state index in [1.165, 1.54) is 4.90 Å². The molecule has 2 rings (SSSR count). The summed E-state index contributed by atoms with van der Waals surface area (Å²) in [6.07, 6.45) is 2.17. The summed E-state index contributed by atoms with van der Waals surface area (Å²) in [6.45, 7) is 3.21. The Morgan fingerprint density at radius 1 is 1.35 bits per heavy atom. The molecule has 0 saturated carbocycles. The third-order valence-corrected chi connectivity index (χ3v) is 3.12. The maximum atomic E-state index is 11.3. The van der Waals surface area contributed by atoms with Crippen molar-refractivity contribution in [1.29, 1.82) is 0 Å². The van der Waals surface area contributed by atoms with Crippen LogP contribution in [0.3, 0.4) is 0 Å². The molecule has 0 radical (unpaired) electrons. The van der Waals surface area contributed by atoms with Crippen molar-refractivity contribution in [2.75, 3.05) is 32.7 Å². The first kappa shape index (κ1) is 14.2. The standard InChI is InChI=1S/C10H18N4O2.ClH/c11-8-2-1-3-13(7-8)4-5-14-9(15)6-12-10(14)16;/h8H,1-7,11H2,(H,12,16);1H. The highest BCUT2D eigenvalue weighted by atomic mass is 35.5. The predicted octanol–water partition coefficient (Wildman–Crippen LogP) is -0.617. The number of piperidine rings is 1. The molecule has 17 heavy (non-hydrogen) atoms. The zero-order chi connectivity index (χ0) is 11.5. The minimum Gasteiger partial charge on any atom is -0.329 e. The van der Waals surface area contributed by atoms with Crippen LogP contribution in [-0.2, 0) is 4.79 Å². The highest BCUT2D eigenvalue weighted by Crippen LogP contribution is 2.08. The molecule has 0 aliphatic carbocycles. The quantitative estimate of drug-likeness (QED) is 0.665. The fourth-order valence-electron chi connectivity index (χ4n) is 2.22. The van der Waals surface area contributed by atoms with E-state index >= 15 is 0 Å². The Labute approximate surface area is 107 Å². The van der Waals surface area contributed by atoms with E-state index in [-0.39, 0.29) is 36.9 Å². The summed E-state index contributed by atoms with van der Waals surface area (Å²) in [4.78, 5) is 26.1. The summed E-state index contributed by atoms with van der Waals surface area (Å²) in [5.41, 5.74) is 5.86. The van der Waals surface area contributed by atoms with Crippen molar-refractivity contribution < 1.29 is 9.59 Å². The summed E-state index contributed by atoms with van der Waals surface area (Å²) in [5, 5.41) is 2.51. The zero-order valence-electron chi connectivity index (χ0n) is 9.72. The molecule has 1 atom stereocenters. The highest BCUT2D eigenvalue weighted by molar-refractivity contribution is 6.01. The number of nitrogens with one attached hydrogen (secondary N) is 1. The van der Waals surface area contributed by atoms with Gasteiger partial charge in [0.25, 0.3) is 0 Å². The molecule has 0 aromatic rings. The second-order valence-corrected chi connectivity index (χ2v) is 4.41. The molecular formula is C10H19ClN4O2. The zero-order valence-corrected chi connectivity index (χ0v) is 10.5. The lowest BCUT2D eigenvalue weighted by atomic mass is 10.1. The predicted molar refractivity (Wildman–Crippen MR) is 66.0 cm³/mol. The van der Waals surface area contributed by atoms with Crippen LogP contribution in [0.1, 0.15) is 12.8 Å². The number of hydrogen-bond donors (Lipinski definition) is 2. The molecule has 2 aliphatic rings. The van der Waals surface area contributed by atoms with Gasteiger partial charge < -0.3 is 16.0 Å². The van der Waals surface area contributed by atoms with Crippen LogP contribution in [0.4, 0.5) is 4.79 Å². The van der Waals surface area contributed by atoms with Gasteiger partial charge in [-0.1, -0.05) is 0 Å². The van der Waals surface area contributed by atoms with E-state index in [0.717, 1.165) is 32.5 Å². The Bertz CT molecular complexity index is 284. The van der Waals surface area contributed by atoms with Gasteiger partial charge in [0.05, 0.1) is 6.54 Å². The van der Waals surface area contributed by atoms with Crippen molar-refractivity contribution in [1.82, 2.24) is 15.1 Å². The highest BCUT2D eigenvalue weighted by Gasteiger charge is 2.28. The summed E-state index contributed by atoms with van der Waals surface area (Å²) in [6, 6.07) is -0.0387. The van der Waals surface area contributed by atoms with E-state index in [2.05, 4.69) is 10.2 Å². The number of amides is 3. The fraction of sp³-hybridized carbons (Fsp3) is 0.800. The number of rotatable bonds is 3. The van der Waals surface area contributed by atoms with Crippen LogP contribution in [0.5, 0.6) is 0 Å². The largest absolute Gasteiger partial charge is 0.329 e. The molecular weight excluding hydrogens is 244 g/mol. The molecule has 2 aliphatic heterocycles. The molecule has 0 aromatic heterocycles. The Balaban J connectivity index is 0.00000144. The van der Waals surface area contributed by atoms with Gasteiger partial charge in [-0.25, -0.2) is 4.79 Å². The molecule has 1 unspecified atom stereocenters. The van der Waals surface area contributed by atoms with Crippen molar-refractivity contribution >= 4 is 24.3 Å². The van der Waals surface area contributed by atoms with Crippen LogP contribution in [0.2, 0.25) is 0 Å². The van der Waals surface area contributed by atoms with Gasteiger partial charge in [0.15, 0.2) is 0 Å². The second kappa shape index (κ2) is 6.18. The van der Waals surface area contributed by atoms with E-state index in [1.807, 2.05) is 0 Å². The molecule has 0 aromatic carbocycles. The van der Waals surface area contributed by atoms with Crippen molar-refractivity contribution in [3.63, 3.8) is 0 Å². The molecule has 3 N–H and O–H groups in total. The van der Waals surface area contributed by atoms with Gasteiger partial charge in [-0.15, -0.1) is 12.4 Å². The third-order valence-electron chi connectivity index (χ3n) is 3.12. The fourth-order valence-corrected chi connectivity index (χ4v) is 2.22. The van der Waals surface area contributed by atoms with E-state index < -0.39 is 0 Å². The maximum absolute atomic E-state index is 11.3. The van der Waals surface area contributed by atoms with Gasteiger partial charge in [0.2, 0.25) is 5.91 Å². The number of hydrogen-bond acceptors (Lipinski definition) is 4. The number of nitrogens with two attached hydrogens (primary N) is 1. The summed E-state index contributed by atoms with van der Waals surface area (Å²) in [5.74, 6) is -0.133. The van der Waals surface area contributed by atoms with Gasteiger partial charge in [-0.05, 0) is 19.4 Å². The molecule has 7 heteroatoms. The van der Waals surface area contributed by atoms with Crippen molar-refractivity contribution in [2.45, 2.75) is 18.9 Å². The molecule has 0 bridgehead atoms. The molecule has 98 valence electrons. The van der Waals surface area contributed by atoms with E-state index in [9.17, 15) is 9.59 Å². The first-order chi connectivity index (χ1) is 7.66. The average molecular weight is 263 g/mol. The number of nitrogens with zero attached hydrogens (tertiary/aromatic N) is 2. The summed E-state index contributed by atoms with van der Waals surface area (Å²) >= 11 is 0. The molecule has 2 saturated heterocycles. The number of carbonyl (C=O) groups is 2. The number of carbonyl (C=O) groups excluding carboxylic acids is 2. The smallest absolute Gasteiger partial charge is 0.324 e. The van der Waals surface area contributed by atoms with E-state index in [0.29, 0.717) is 6.54 Å². The number of likely N-dealkylation sites (tertiary alicyclic amines) is 1. The van der Waals surface area contributed by atoms with Crippen LogP contribution in [0.15, 0.2) is 0 Å². The summed E-state index contributed by atoms with van der Waals surface area (Å²) < 4.78 is 0. The van der Waals surface area contributed by atoms with Gasteiger partial charge in [-0.3, -0.25) is 9.69 Å². The molecule has 6 nitrogen and oxygen atoms in total. The molecule has 0 spiro atoms. The minimum atomic E-state index is -0.272. The first-order valence-electron chi connectivity index (χ1n) is 5.73. The topological polar surface area (TPSA) is 78.7 Å². The minimum absolute atomic E-state index is 0. The van der Waals surface area contributed by atoms with Crippen molar-refractivity contribution in [2.24, 2.45) is 5.73 Å². The lowest BCUT2D eigenvalue weighted by molar-refractivity contribution is -0.125. The van der Waals surface area contributed by atoms with Gasteiger partial charge in [0, 0.05) is 25.7 Å². The lowest BCUT2D eigenvalue weighted by Gasteiger charge is -2.31. The molecule has 2 fully saturated rings. The number of imide groups is 1. The first-order valence-corrected chi connectivity index (χ1v) is 5.73. The van der Waals surface area contributed by atoms with Crippen molar-refractivity contribution in [3.8, 4) is 0 Å². The normalized spacial score (nSPS) is 25.7. The Kier molecular flexibility index (Phi) is 5.17. The van der Waals surface area contributed by atoms with E-state index in [1.54, 1.807) is 0 Å². The average Bonchev–Trinajstić information content (AvgIpc) is 2.56. The van der Waals surface area contributed by atoms with Gasteiger partial charge in [0.1, 0.15) is 0 Å². The Hall–Kier alpha value is -0.850. The summed E-state index contributed by atoms with van der Waals surface area (Å²) in [7, 11) is 0. The molecule has 3 amide bonds. The maximum Gasteiger partial charge on any atom is 0.324 e. The van der Waals surface area contributed by atoms with Crippen LogP contribution in [0, 0.1) is 0 Å². The van der Waals surface area contributed by atoms with Gasteiger partial charge in [-0.2, -0.15) is 0 Å². The second-order valence-electron chi connectivity index (χ2n) is 4.41.